The maximum Gasteiger partial charge on any atom is 0.410 e. The van der Waals surface area contributed by atoms with Crippen LogP contribution in [0.5, 0.6) is 0 Å². The van der Waals surface area contributed by atoms with E-state index in [9.17, 15) is 24.3 Å². The lowest BCUT2D eigenvalue weighted by molar-refractivity contribution is -0.298. The molecule has 0 radical (unpaired) electrons. The molecule has 0 bridgehead atoms. The molecule has 5 heterocycles. The Morgan fingerprint density at radius 1 is 1.05 bits per heavy atom. The number of amides is 1. The number of ether oxygens (including phenoxy) is 5. The maximum atomic E-state index is 17.0. The number of cyclic esters (lactones) is 1. The van der Waals surface area contributed by atoms with Gasteiger partial charge in [0, 0.05) is 73.7 Å². The number of Topliss-reactive ketones (excluding diaryl/α,β-unsaturated/α-hetero) is 2. The van der Waals surface area contributed by atoms with E-state index >= 15 is 4.39 Å². The molecule has 3 aliphatic heterocycles. The van der Waals surface area contributed by atoms with E-state index in [2.05, 4.69) is 9.97 Å². The lowest BCUT2D eigenvalue weighted by Gasteiger charge is -2.49. The first-order valence-corrected chi connectivity index (χ1v) is 22.1. The molecule has 62 heavy (non-hydrogen) atoms. The van der Waals surface area contributed by atoms with E-state index in [0.29, 0.717) is 25.8 Å². The fourth-order valence-electron chi connectivity index (χ4n) is 9.80. The number of fused-ring (bicyclic) bond motifs is 1. The molecule has 3 fully saturated rings. The number of ketones is 2. The first kappa shape index (κ1) is 49.2. The number of aliphatic hydroxyl groups is 1. The van der Waals surface area contributed by atoms with Gasteiger partial charge in [-0.3, -0.25) is 19.5 Å². The van der Waals surface area contributed by atoms with Crippen LogP contribution in [0, 0.1) is 17.8 Å². The van der Waals surface area contributed by atoms with Gasteiger partial charge >= 0.3 is 12.1 Å². The Hall–Kier alpha value is -3.83. The topological polar surface area (TPSA) is 172 Å². The number of carbonyl (C=O) groups excluding carboxylic acids is 4. The molecule has 0 saturated carbocycles. The Bertz CT molecular complexity index is 1890. The second kappa shape index (κ2) is 19.1. The first-order valence-electron chi connectivity index (χ1n) is 22.1. The van der Waals surface area contributed by atoms with E-state index in [-0.39, 0.29) is 36.8 Å². The molecule has 3 aliphatic rings. The summed E-state index contributed by atoms with van der Waals surface area (Å²) >= 11 is 0. The van der Waals surface area contributed by atoms with Crippen molar-refractivity contribution in [2.75, 3.05) is 20.7 Å². The number of pyridine rings is 1. The number of hydrogen-bond donors (Lipinski definition) is 1. The monoisotopic (exact) mass is 872 g/mol. The van der Waals surface area contributed by atoms with Gasteiger partial charge in [-0.05, 0) is 99.8 Å². The third-order valence-corrected chi connectivity index (χ3v) is 13.7. The SMILES string of the molecule is CC[C@H]1OC(=O)[C@@](C)(F)C(=O)C(C)[C@@H](O[C@@H]2O[C@H](C)C[C@H](N(C)C(C)(C)C)[C@H]2O)[C@](C)(OC)C[C@@H](C)C(=O)[C@H](C)[C@H]2N(CCCCn3cnc(-c4cccnc4)c3)C(=O)O[C@]12C. The van der Waals surface area contributed by atoms with E-state index in [1.165, 1.54) is 18.9 Å². The highest BCUT2D eigenvalue weighted by Gasteiger charge is 2.62. The zero-order valence-electron chi connectivity index (χ0n) is 38.9. The third-order valence-electron chi connectivity index (χ3n) is 13.7. The molecular formula is C46H70FN5O10. The highest BCUT2D eigenvalue weighted by molar-refractivity contribution is 6.08. The number of aliphatic hydroxyl groups excluding tert-OH is 1. The van der Waals surface area contributed by atoms with Gasteiger partial charge in [-0.2, -0.15) is 0 Å². The van der Waals surface area contributed by atoms with E-state index in [1.807, 2.05) is 62.5 Å². The van der Waals surface area contributed by atoms with Crippen LogP contribution in [0.2, 0.25) is 0 Å². The number of aryl methyl sites for hydroxylation is 1. The van der Waals surface area contributed by atoms with Crippen LogP contribution in [-0.4, -0.2) is 139 Å². The van der Waals surface area contributed by atoms with E-state index in [0.717, 1.165) is 18.2 Å². The minimum Gasteiger partial charge on any atom is -0.455 e. The summed E-state index contributed by atoms with van der Waals surface area (Å²) in [6, 6.07) is 2.44. The summed E-state index contributed by atoms with van der Waals surface area (Å²) in [5.74, 6) is -5.81. The molecule has 5 rings (SSSR count). The van der Waals surface area contributed by atoms with Crippen LogP contribution >= 0.6 is 0 Å². The van der Waals surface area contributed by atoms with Crippen LogP contribution in [0.15, 0.2) is 37.1 Å². The largest absolute Gasteiger partial charge is 0.455 e. The second-order valence-corrected chi connectivity index (χ2v) is 19.4. The van der Waals surface area contributed by atoms with Crippen LogP contribution in [0.1, 0.15) is 108 Å². The normalized spacial score (nSPS) is 36.6. The number of carbonyl (C=O) groups is 4. The van der Waals surface area contributed by atoms with Crippen molar-refractivity contribution in [3.8, 4) is 11.3 Å². The van der Waals surface area contributed by atoms with Crippen molar-refractivity contribution in [3.05, 3.63) is 37.1 Å². The second-order valence-electron chi connectivity index (χ2n) is 19.4. The van der Waals surface area contributed by atoms with Crippen LogP contribution < -0.4 is 0 Å². The maximum absolute atomic E-state index is 17.0. The number of nitrogens with zero attached hydrogens (tertiary/aromatic N) is 5. The van der Waals surface area contributed by atoms with Gasteiger partial charge in [-0.25, -0.2) is 19.0 Å². The molecule has 1 unspecified atom stereocenters. The molecule has 3 saturated heterocycles. The summed E-state index contributed by atoms with van der Waals surface area (Å²) in [5.41, 5.74) is -4.89. The quantitative estimate of drug-likeness (QED) is 0.154. The van der Waals surface area contributed by atoms with Crippen LogP contribution in [0.3, 0.4) is 0 Å². The molecule has 2 aromatic heterocycles. The number of esters is 1. The van der Waals surface area contributed by atoms with Gasteiger partial charge in [0.2, 0.25) is 0 Å². The average molecular weight is 872 g/mol. The average Bonchev–Trinajstić information content (AvgIpc) is 3.80. The lowest BCUT2D eigenvalue weighted by atomic mass is 9.73. The zero-order valence-corrected chi connectivity index (χ0v) is 38.9. The number of unbranched alkanes of at least 4 members (excludes halogenated alkanes) is 1. The minimum atomic E-state index is -3.19. The van der Waals surface area contributed by atoms with E-state index < -0.39 is 89.2 Å². The number of alkyl halides is 1. The summed E-state index contributed by atoms with van der Waals surface area (Å²) in [6.45, 7) is 19.5. The first-order chi connectivity index (χ1) is 28.9. The van der Waals surface area contributed by atoms with Crippen molar-refractivity contribution >= 4 is 23.6 Å². The predicted molar refractivity (Wildman–Crippen MR) is 228 cm³/mol. The van der Waals surface area contributed by atoms with Crippen molar-refractivity contribution in [1.82, 2.24) is 24.3 Å². The molecule has 15 nitrogen and oxygen atoms in total. The number of aromatic nitrogens is 3. The van der Waals surface area contributed by atoms with Gasteiger partial charge in [-0.15, -0.1) is 0 Å². The molecule has 346 valence electrons. The molecule has 16 heteroatoms. The Morgan fingerprint density at radius 3 is 2.34 bits per heavy atom. The van der Waals surface area contributed by atoms with Crippen LogP contribution in [0.4, 0.5) is 9.18 Å². The van der Waals surface area contributed by atoms with E-state index in [4.69, 9.17) is 23.7 Å². The number of rotatable bonds is 11. The molecular weight excluding hydrogens is 802 g/mol. The van der Waals surface area contributed by atoms with Crippen LogP contribution in [0.25, 0.3) is 11.3 Å². The fourth-order valence-corrected chi connectivity index (χ4v) is 9.80. The summed E-state index contributed by atoms with van der Waals surface area (Å²) in [4.78, 5) is 69.3. The molecule has 0 aromatic carbocycles. The molecule has 1 N–H and O–H groups in total. The number of likely N-dealkylation sites (N-methyl/N-ethyl adjacent to an activating group) is 1. The highest BCUT2D eigenvalue weighted by atomic mass is 19.1. The van der Waals surface area contributed by atoms with Crippen molar-refractivity contribution in [3.63, 3.8) is 0 Å². The Balaban J connectivity index is 1.46. The minimum absolute atomic E-state index is 0.00647. The Morgan fingerprint density at radius 2 is 1.73 bits per heavy atom. The molecule has 2 aromatic rings. The van der Waals surface area contributed by atoms with Gasteiger partial charge in [0.25, 0.3) is 5.67 Å². The number of methoxy groups -OCH3 is 1. The van der Waals surface area contributed by atoms with E-state index in [1.54, 1.807) is 53.3 Å². The summed E-state index contributed by atoms with van der Waals surface area (Å²) in [6.07, 6.45) is 2.80. The lowest BCUT2D eigenvalue weighted by Crippen LogP contribution is -2.63. The summed E-state index contributed by atoms with van der Waals surface area (Å²) < 4.78 is 49.9. The fraction of sp³-hybridized carbons (Fsp3) is 0.739. The van der Waals surface area contributed by atoms with Crippen molar-refractivity contribution in [2.24, 2.45) is 17.8 Å². The summed E-state index contributed by atoms with van der Waals surface area (Å²) in [5, 5.41) is 11.8. The number of halogens is 1. The van der Waals surface area contributed by atoms with Gasteiger partial charge in [0.1, 0.15) is 18.0 Å². The van der Waals surface area contributed by atoms with Gasteiger partial charge in [-0.1, -0.05) is 27.7 Å². The molecule has 0 spiro atoms. The Kier molecular flexibility index (Phi) is 15.2. The van der Waals surface area contributed by atoms with Crippen molar-refractivity contribution in [1.29, 1.82) is 0 Å². The van der Waals surface area contributed by atoms with Gasteiger partial charge in [0.15, 0.2) is 17.7 Å². The number of imidazole rings is 1. The highest BCUT2D eigenvalue weighted by Crippen LogP contribution is 2.44. The number of hydrogen-bond acceptors (Lipinski definition) is 13. The van der Waals surface area contributed by atoms with Crippen molar-refractivity contribution < 1.29 is 52.4 Å². The van der Waals surface area contributed by atoms with Crippen LogP contribution in [-0.2, 0) is 44.6 Å². The van der Waals surface area contributed by atoms with Gasteiger partial charge in [0.05, 0.1) is 35.9 Å². The predicted octanol–water partition coefficient (Wildman–Crippen LogP) is 6.19. The zero-order chi connectivity index (χ0) is 46.1. The standard InChI is InChI=1S/C46H70FN5O10/c1-14-34-46(11)37(52(42(57)62-46)21-16-15-20-51-25-32(49-26-51)31-18-17-19-48-24-31)29(4)35(53)27(2)23-44(9,58-13)39(30(5)38(55)45(10,47)41(56)60-34)61-40-36(54)33(22-28(3)59-40)50(12)43(6,7)8/h17-19,24-30,33-34,36-37,39-40,54H,14-16,20-23H2,1-13H3/t27-,28-,29+,30?,33+,34-,36-,37-,39-,40+,44-,45+,46-/m1/s1. The Labute approximate surface area is 366 Å². The van der Waals surface area contributed by atoms with Crippen molar-refractivity contribution in [2.45, 2.75) is 180 Å². The van der Waals surface area contributed by atoms with Gasteiger partial charge < -0.3 is 38.3 Å². The third kappa shape index (κ3) is 9.94. The molecule has 13 atom stereocenters. The molecule has 0 aliphatic carbocycles. The molecule has 1 amide bonds. The summed E-state index contributed by atoms with van der Waals surface area (Å²) in [7, 11) is 3.32. The smallest absolute Gasteiger partial charge is 0.410 e.